The number of aliphatic imine (C=N–C) groups is 1. The van der Waals surface area contributed by atoms with Crippen LogP contribution in [0.25, 0.3) is 0 Å². The van der Waals surface area contributed by atoms with Crippen molar-refractivity contribution in [2.24, 2.45) is 10.9 Å². The molecule has 2 N–H and O–H groups in total. The van der Waals surface area contributed by atoms with E-state index < -0.39 is 0 Å². The predicted molar refractivity (Wildman–Crippen MR) is 135 cm³/mol. The molecule has 2 aliphatic rings. The number of halogens is 1. The van der Waals surface area contributed by atoms with Crippen LogP contribution in [0, 0.1) is 5.92 Å². The van der Waals surface area contributed by atoms with Crippen LogP contribution in [0.1, 0.15) is 45.4 Å². The van der Waals surface area contributed by atoms with E-state index >= 15 is 0 Å². The molecule has 0 spiro atoms. The van der Waals surface area contributed by atoms with E-state index in [9.17, 15) is 4.79 Å². The van der Waals surface area contributed by atoms with Crippen molar-refractivity contribution in [1.29, 1.82) is 0 Å². The molecule has 7 nitrogen and oxygen atoms in total. The van der Waals surface area contributed by atoms with E-state index in [1.165, 1.54) is 12.8 Å². The van der Waals surface area contributed by atoms with Crippen LogP contribution in [0.15, 0.2) is 29.3 Å². The molecule has 1 aliphatic heterocycles. The normalized spacial score (nSPS) is 19.1. The number of carbonyl (C=O) groups excluding carboxylic acids is 1. The number of carbonyl (C=O) groups is 1. The van der Waals surface area contributed by atoms with Gasteiger partial charge in [-0.25, -0.2) is 0 Å². The molecule has 1 saturated heterocycles. The van der Waals surface area contributed by atoms with E-state index in [0.717, 1.165) is 62.8 Å². The molecule has 1 heterocycles. The number of rotatable bonds is 9. The molecule has 1 aromatic rings. The van der Waals surface area contributed by atoms with E-state index in [2.05, 4.69) is 22.5 Å². The van der Waals surface area contributed by atoms with Crippen LogP contribution in [-0.4, -0.2) is 62.7 Å². The summed E-state index contributed by atoms with van der Waals surface area (Å²) >= 11 is 0. The zero-order valence-corrected chi connectivity index (χ0v) is 21.1. The smallest absolute Gasteiger partial charge is 0.225 e. The maximum atomic E-state index is 12.6. The number of nitrogens with one attached hydrogen (secondary N) is 2. The molecule has 1 aliphatic carbocycles. The van der Waals surface area contributed by atoms with Gasteiger partial charge in [0.2, 0.25) is 5.91 Å². The van der Waals surface area contributed by atoms with Crippen LogP contribution in [-0.2, 0) is 4.79 Å². The predicted octanol–water partition coefficient (Wildman–Crippen LogP) is 3.43. The molecule has 1 atom stereocenters. The molecule has 0 radical (unpaired) electrons. The van der Waals surface area contributed by atoms with E-state index in [1.807, 2.05) is 29.2 Å². The second-order valence-corrected chi connectivity index (χ2v) is 8.04. The zero-order chi connectivity index (χ0) is 21.2. The molecule has 1 saturated carbocycles. The third kappa shape index (κ3) is 8.05. The minimum absolute atomic E-state index is 0. The first-order valence-electron chi connectivity index (χ1n) is 11.3. The van der Waals surface area contributed by atoms with Gasteiger partial charge in [0.25, 0.3) is 0 Å². The molecule has 2 fully saturated rings. The number of likely N-dealkylation sites (tertiary alicyclic amines) is 1. The molecular weight excluding hydrogens is 507 g/mol. The number of hydrogen-bond acceptors (Lipinski definition) is 4. The minimum Gasteiger partial charge on any atom is -0.497 e. The van der Waals surface area contributed by atoms with Gasteiger partial charge in [-0.1, -0.05) is 18.9 Å². The van der Waals surface area contributed by atoms with Gasteiger partial charge < -0.3 is 25.0 Å². The Bertz CT molecular complexity index is 710. The van der Waals surface area contributed by atoms with Crippen LogP contribution < -0.4 is 20.1 Å². The second-order valence-electron chi connectivity index (χ2n) is 8.04. The number of methoxy groups -OCH3 is 1. The lowest BCUT2D eigenvalue weighted by Gasteiger charge is -2.21. The average molecular weight is 544 g/mol. The number of benzene rings is 1. The number of amides is 1. The highest BCUT2D eigenvalue weighted by atomic mass is 127. The highest BCUT2D eigenvalue weighted by molar-refractivity contribution is 14.0. The number of ether oxygens (including phenoxy) is 2. The average Bonchev–Trinajstić information content (AvgIpc) is 3.46. The zero-order valence-electron chi connectivity index (χ0n) is 18.8. The summed E-state index contributed by atoms with van der Waals surface area (Å²) in [4.78, 5) is 19.4. The molecule has 1 aromatic carbocycles. The standard InChI is InChI=1S/C23H36N4O3.HI/c1-3-24-23(25-13-7-15-30-21-11-6-10-20(16-21)29-2)26-19-12-14-27(17-19)22(28)18-8-4-5-9-18;/h6,10-11,16,18-19H,3-5,7-9,12-15,17H2,1-2H3,(H2,24,25,26);1H. The highest BCUT2D eigenvalue weighted by Crippen LogP contribution is 2.27. The molecule has 174 valence electrons. The highest BCUT2D eigenvalue weighted by Gasteiger charge is 2.32. The summed E-state index contributed by atoms with van der Waals surface area (Å²) < 4.78 is 11.0. The van der Waals surface area contributed by atoms with E-state index in [0.29, 0.717) is 19.1 Å². The van der Waals surface area contributed by atoms with Gasteiger partial charge in [-0.2, -0.15) is 0 Å². The van der Waals surface area contributed by atoms with Gasteiger partial charge in [-0.15, -0.1) is 24.0 Å². The van der Waals surface area contributed by atoms with E-state index in [-0.39, 0.29) is 35.9 Å². The van der Waals surface area contributed by atoms with Crippen LogP contribution in [0.3, 0.4) is 0 Å². The Morgan fingerprint density at radius 2 is 2.00 bits per heavy atom. The molecule has 3 rings (SSSR count). The quantitative estimate of drug-likeness (QED) is 0.216. The summed E-state index contributed by atoms with van der Waals surface area (Å²) in [6, 6.07) is 7.89. The Balaban J connectivity index is 0.00000341. The third-order valence-corrected chi connectivity index (χ3v) is 5.77. The fourth-order valence-electron chi connectivity index (χ4n) is 4.16. The Hall–Kier alpha value is -1.71. The van der Waals surface area contributed by atoms with Crippen molar-refractivity contribution in [3.05, 3.63) is 24.3 Å². The lowest BCUT2D eigenvalue weighted by atomic mass is 10.1. The summed E-state index contributed by atoms with van der Waals surface area (Å²) in [6.45, 7) is 5.77. The first kappa shape index (κ1) is 25.5. The molecule has 1 amide bonds. The maximum absolute atomic E-state index is 12.6. The lowest BCUT2D eigenvalue weighted by Crippen LogP contribution is -2.45. The van der Waals surface area contributed by atoms with Crippen molar-refractivity contribution in [1.82, 2.24) is 15.5 Å². The first-order chi connectivity index (χ1) is 14.7. The maximum Gasteiger partial charge on any atom is 0.225 e. The van der Waals surface area contributed by atoms with Gasteiger partial charge in [0.05, 0.1) is 13.7 Å². The monoisotopic (exact) mass is 544 g/mol. The van der Waals surface area contributed by atoms with Gasteiger partial charge in [-0.05, 0) is 38.3 Å². The second kappa shape index (κ2) is 13.6. The van der Waals surface area contributed by atoms with Crippen LogP contribution in [0.5, 0.6) is 11.5 Å². The molecular formula is C23H37IN4O3. The van der Waals surface area contributed by atoms with Crippen molar-refractivity contribution >= 4 is 35.8 Å². The van der Waals surface area contributed by atoms with E-state index in [4.69, 9.17) is 9.47 Å². The number of nitrogens with zero attached hydrogens (tertiary/aromatic N) is 2. The summed E-state index contributed by atoms with van der Waals surface area (Å²) in [7, 11) is 1.65. The Kier molecular flexibility index (Phi) is 11.2. The summed E-state index contributed by atoms with van der Waals surface area (Å²) in [6.07, 6.45) is 6.33. The largest absolute Gasteiger partial charge is 0.497 e. The molecule has 0 bridgehead atoms. The summed E-state index contributed by atoms with van der Waals surface area (Å²) in [5.74, 6) is 3.03. The van der Waals surface area contributed by atoms with Gasteiger partial charge in [-0.3, -0.25) is 9.79 Å². The summed E-state index contributed by atoms with van der Waals surface area (Å²) in [5.41, 5.74) is 0. The Morgan fingerprint density at radius 1 is 1.23 bits per heavy atom. The van der Waals surface area contributed by atoms with Crippen molar-refractivity contribution in [2.45, 2.75) is 51.5 Å². The fourth-order valence-corrected chi connectivity index (χ4v) is 4.16. The summed E-state index contributed by atoms with van der Waals surface area (Å²) in [5, 5.41) is 6.81. The minimum atomic E-state index is 0. The molecule has 31 heavy (non-hydrogen) atoms. The SMILES string of the molecule is CCNC(=NCCCOc1cccc(OC)c1)NC1CCN(C(=O)C2CCCC2)C1.I. The Labute approximate surface area is 203 Å². The van der Waals surface area contributed by atoms with Crippen LogP contribution in [0.2, 0.25) is 0 Å². The van der Waals surface area contributed by atoms with Crippen molar-refractivity contribution in [3.8, 4) is 11.5 Å². The Morgan fingerprint density at radius 3 is 2.74 bits per heavy atom. The lowest BCUT2D eigenvalue weighted by molar-refractivity contribution is -0.134. The molecule has 0 aromatic heterocycles. The van der Waals surface area contributed by atoms with Gasteiger partial charge in [0.15, 0.2) is 5.96 Å². The van der Waals surface area contributed by atoms with Crippen molar-refractivity contribution in [2.75, 3.05) is 39.9 Å². The van der Waals surface area contributed by atoms with Gasteiger partial charge >= 0.3 is 0 Å². The topological polar surface area (TPSA) is 75.2 Å². The van der Waals surface area contributed by atoms with Crippen LogP contribution >= 0.6 is 24.0 Å². The van der Waals surface area contributed by atoms with Crippen molar-refractivity contribution in [3.63, 3.8) is 0 Å². The molecule has 8 heteroatoms. The first-order valence-corrected chi connectivity index (χ1v) is 11.3. The molecule has 1 unspecified atom stereocenters. The van der Waals surface area contributed by atoms with Gasteiger partial charge in [0.1, 0.15) is 11.5 Å². The van der Waals surface area contributed by atoms with Crippen LogP contribution in [0.4, 0.5) is 0 Å². The van der Waals surface area contributed by atoms with Crippen molar-refractivity contribution < 1.29 is 14.3 Å². The fraction of sp³-hybridized carbons (Fsp3) is 0.652. The number of hydrogen-bond donors (Lipinski definition) is 2. The third-order valence-electron chi connectivity index (χ3n) is 5.77. The number of guanidine groups is 1. The van der Waals surface area contributed by atoms with Gasteiger partial charge in [0, 0.05) is 50.6 Å². The van der Waals surface area contributed by atoms with E-state index in [1.54, 1.807) is 7.11 Å².